The van der Waals surface area contributed by atoms with Crippen LogP contribution in [-0.2, 0) is 23.0 Å². The van der Waals surface area contributed by atoms with E-state index in [1.165, 1.54) is 0 Å². The highest BCUT2D eigenvalue weighted by atomic mass is 35.5. The summed E-state index contributed by atoms with van der Waals surface area (Å²) in [5, 5.41) is 12.8. The minimum Gasteiger partial charge on any atom is -0.496 e. The maximum Gasteiger partial charge on any atom is 0.261 e. The quantitative estimate of drug-likeness (QED) is 0.115. The van der Waals surface area contributed by atoms with E-state index < -0.39 is 10.1 Å². The molecule has 0 aromatic heterocycles. The molecule has 0 heterocycles. The summed E-state index contributed by atoms with van der Waals surface area (Å²) in [5.74, 6) is 1.84. The fourth-order valence-electron chi connectivity index (χ4n) is 4.77. The molecule has 3 N–H and O–H groups in total. The number of unbranched alkanes of at least 4 members (excludes halogenated alkanes) is 1. The Kier molecular flexibility index (Phi) is 13.0. The topological polar surface area (TPSA) is 96.9 Å². The molecule has 0 aliphatic heterocycles. The second-order valence-electron chi connectivity index (χ2n) is 9.63. The Bertz CT molecular complexity index is 1440. The minimum absolute atomic E-state index is 0.715. The first-order chi connectivity index (χ1) is 19.6. The maximum atomic E-state index is 9.19. The summed E-state index contributed by atoms with van der Waals surface area (Å²) in [6, 6.07) is 20.3. The van der Waals surface area contributed by atoms with Crippen molar-refractivity contribution in [3.63, 3.8) is 0 Å². The van der Waals surface area contributed by atoms with Crippen LogP contribution in [0.15, 0.2) is 60.7 Å². The van der Waals surface area contributed by atoms with Gasteiger partial charge in [-0.15, -0.1) is 0 Å². The van der Waals surface area contributed by atoms with Crippen LogP contribution in [0.25, 0.3) is 21.5 Å². The number of methoxy groups -OCH3 is 2. The third-order valence-electron chi connectivity index (χ3n) is 6.55. The van der Waals surface area contributed by atoms with Gasteiger partial charge in [0.15, 0.2) is 0 Å². The largest absolute Gasteiger partial charge is 0.496 e. The first-order valence-corrected chi connectivity index (χ1v) is 16.1. The molecule has 4 aromatic carbocycles. The molecule has 0 aliphatic rings. The van der Waals surface area contributed by atoms with E-state index in [0.29, 0.717) is 6.26 Å². The standard InChI is InChI=1S/C30H34Cl2N2O2.CH4O3S/c1-35-29-21(19-27(31)23-9-3-5-11-25(23)29)13-17-33-15-7-8-16-34-18-14-22-20-28(32)24-10-4-6-12-26(24)30(22)36-2;1-5(2,3)4/h3-6,9-12,19-20,33-34H,7-8,13-18H2,1-2H3;1H3,(H,2,3,4). The summed E-state index contributed by atoms with van der Waals surface area (Å²) in [4.78, 5) is 0. The van der Waals surface area contributed by atoms with Gasteiger partial charge in [0.2, 0.25) is 0 Å². The van der Waals surface area contributed by atoms with Crippen molar-refractivity contribution in [1.29, 1.82) is 0 Å². The van der Waals surface area contributed by atoms with Crippen molar-refractivity contribution in [3.05, 3.63) is 81.8 Å². The van der Waals surface area contributed by atoms with Gasteiger partial charge < -0.3 is 20.1 Å². The first-order valence-electron chi connectivity index (χ1n) is 13.5. The van der Waals surface area contributed by atoms with Gasteiger partial charge in [0.05, 0.1) is 20.5 Å². The first kappa shape index (κ1) is 32.9. The van der Waals surface area contributed by atoms with Crippen LogP contribution < -0.4 is 20.1 Å². The Hall–Kier alpha value is -2.59. The predicted molar refractivity (Wildman–Crippen MR) is 171 cm³/mol. The van der Waals surface area contributed by atoms with Crippen molar-refractivity contribution in [3.8, 4) is 11.5 Å². The smallest absolute Gasteiger partial charge is 0.261 e. The van der Waals surface area contributed by atoms with Crippen molar-refractivity contribution in [1.82, 2.24) is 10.6 Å². The number of nitrogens with one attached hydrogen (secondary N) is 2. The maximum absolute atomic E-state index is 9.19. The Morgan fingerprint density at radius 3 is 1.37 bits per heavy atom. The second kappa shape index (κ2) is 16.2. The molecule has 0 unspecified atom stereocenters. The average Bonchev–Trinajstić information content (AvgIpc) is 2.93. The molecule has 0 saturated carbocycles. The van der Waals surface area contributed by atoms with Crippen LogP contribution in [0, 0.1) is 0 Å². The third-order valence-corrected chi connectivity index (χ3v) is 7.18. The molecule has 0 bridgehead atoms. The molecule has 10 heteroatoms. The van der Waals surface area contributed by atoms with E-state index in [1.54, 1.807) is 14.2 Å². The monoisotopic (exact) mass is 620 g/mol. The van der Waals surface area contributed by atoms with Crippen molar-refractivity contribution in [2.24, 2.45) is 0 Å². The van der Waals surface area contributed by atoms with Crippen LogP contribution in [0.5, 0.6) is 11.5 Å². The van der Waals surface area contributed by atoms with Gasteiger partial charge >= 0.3 is 0 Å². The average molecular weight is 622 g/mol. The van der Waals surface area contributed by atoms with E-state index in [1.807, 2.05) is 48.5 Å². The summed E-state index contributed by atoms with van der Waals surface area (Å²) in [6.07, 6.45) is 4.71. The van der Waals surface area contributed by atoms with E-state index in [0.717, 1.165) is 106 Å². The zero-order chi connectivity index (χ0) is 29.8. The highest BCUT2D eigenvalue weighted by Crippen LogP contribution is 2.36. The molecule has 222 valence electrons. The molecule has 0 radical (unpaired) electrons. The van der Waals surface area contributed by atoms with Crippen LogP contribution in [0.4, 0.5) is 0 Å². The molecule has 0 spiro atoms. The molecule has 4 aromatic rings. The highest BCUT2D eigenvalue weighted by Gasteiger charge is 2.12. The molecule has 4 rings (SSSR count). The number of rotatable bonds is 13. The lowest BCUT2D eigenvalue weighted by molar-refractivity contribution is 0.414. The molecule has 0 saturated heterocycles. The molecular weight excluding hydrogens is 583 g/mol. The van der Waals surface area contributed by atoms with E-state index in [9.17, 15) is 8.42 Å². The lowest BCUT2D eigenvalue weighted by Crippen LogP contribution is -2.22. The Labute approximate surface area is 252 Å². The van der Waals surface area contributed by atoms with Gasteiger partial charge in [-0.3, -0.25) is 4.55 Å². The van der Waals surface area contributed by atoms with Crippen molar-refractivity contribution >= 4 is 54.9 Å². The van der Waals surface area contributed by atoms with Gasteiger partial charge in [-0.1, -0.05) is 71.7 Å². The Morgan fingerprint density at radius 1 is 0.683 bits per heavy atom. The summed E-state index contributed by atoms with van der Waals surface area (Å²) in [5.41, 5.74) is 2.28. The third kappa shape index (κ3) is 10.0. The van der Waals surface area contributed by atoms with Gasteiger partial charge in [0.1, 0.15) is 11.5 Å². The molecule has 0 fully saturated rings. The molecular formula is C31H38Cl2N2O5S. The van der Waals surface area contributed by atoms with Crippen LogP contribution in [0.2, 0.25) is 10.0 Å². The van der Waals surface area contributed by atoms with Crippen LogP contribution in [0.1, 0.15) is 24.0 Å². The number of benzene rings is 4. The summed E-state index contributed by atoms with van der Waals surface area (Å²) in [7, 11) is -0.214. The lowest BCUT2D eigenvalue weighted by Gasteiger charge is -2.14. The highest BCUT2D eigenvalue weighted by molar-refractivity contribution is 7.85. The fraction of sp³-hybridized carbons (Fsp3) is 0.355. The summed E-state index contributed by atoms with van der Waals surface area (Å²) < 4.78 is 37.3. The van der Waals surface area contributed by atoms with Crippen molar-refractivity contribution < 1.29 is 22.4 Å². The van der Waals surface area contributed by atoms with Crippen molar-refractivity contribution in [2.75, 3.05) is 46.7 Å². The van der Waals surface area contributed by atoms with Crippen LogP contribution in [-0.4, -0.2) is 59.6 Å². The molecule has 0 aliphatic carbocycles. The Balaban J connectivity index is 0.000000850. The molecule has 41 heavy (non-hydrogen) atoms. The number of ether oxygens (including phenoxy) is 2. The van der Waals surface area contributed by atoms with Gasteiger partial charge in [-0.05, 0) is 75.1 Å². The number of hydrogen-bond acceptors (Lipinski definition) is 6. The normalized spacial score (nSPS) is 11.4. The lowest BCUT2D eigenvalue weighted by atomic mass is 10.0. The Morgan fingerprint density at radius 2 is 1.02 bits per heavy atom. The zero-order valence-corrected chi connectivity index (χ0v) is 26.0. The summed E-state index contributed by atoms with van der Waals surface area (Å²) in [6.45, 7) is 3.75. The number of hydrogen-bond donors (Lipinski definition) is 3. The van der Waals surface area contributed by atoms with Crippen molar-refractivity contribution in [2.45, 2.75) is 25.7 Å². The number of halogens is 2. The number of fused-ring (bicyclic) bond motifs is 2. The van der Waals surface area contributed by atoms with E-state index in [4.69, 9.17) is 37.2 Å². The van der Waals surface area contributed by atoms with E-state index in [2.05, 4.69) is 22.8 Å². The van der Waals surface area contributed by atoms with Gasteiger partial charge in [-0.2, -0.15) is 8.42 Å². The van der Waals surface area contributed by atoms with E-state index >= 15 is 0 Å². The SMILES string of the molecule is COc1c(CCNCCCCNCCc2cc(Cl)c3ccccc3c2OC)cc(Cl)c2ccccc12.CS(=O)(=O)O. The van der Waals surface area contributed by atoms with Crippen LogP contribution in [0.3, 0.4) is 0 Å². The van der Waals surface area contributed by atoms with E-state index in [-0.39, 0.29) is 0 Å². The zero-order valence-electron chi connectivity index (χ0n) is 23.7. The van der Waals surface area contributed by atoms with Gasteiger partial charge in [-0.25, -0.2) is 0 Å². The van der Waals surface area contributed by atoms with Crippen LogP contribution >= 0.6 is 23.2 Å². The minimum atomic E-state index is -3.67. The second-order valence-corrected chi connectivity index (χ2v) is 11.9. The molecule has 0 amide bonds. The summed E-state index contributed by atoms with van der Waals surface area (Å²) >= 11 is 13.0. The van der Waals surface area contributed by atoms with Gasteiger partial charge in [0, 0.05) is 31.6 Å². The molecule has 0 atom stereocenters. The van der Waals surface area contributed by atoms with Gasteiger partial charge in [0.25, 0.3) is 10.1 Å². The molecule has 7 nitrogen and oxygen atoms in total. The predicted octanol–water partition coefficient (Wildman–Crippen LogP) is 6.57. The fourth-order valence-corrected chi connectivity index (χ4v) is 5.36.